The van der Waals surface area contributed by atoms with Crippen molar-refractivity contribution in [1.82, 2.24) is 25.3 Å². The predicted molar refractivity (Wildman–Crippen MR) is 126 cm³/mol. The maximum Gasteiger partial charge on any atom is 0.223 e. The second-order valence-corrected chi connectivity index (χ2v) is 7.17. The summed E-state index contributed by atoms with van der Waals surface area (Å²) in [6, 6.07) is 12.3. The van der Waals surface area contributed by atoms with Crippen LogP contribution in [0.2, 0.25) is 0 Å². The van der Waals surface area contributed by atoms with E-state index in [1.807, 2.05) is 47.8 Å². The van der Waals surface area contributed by atoms with Crippen LogP contribution >= 0.6 is 24.0 Å². The molecule has 8 heteroatoms. The van der Waals surface area contributed by atoms with Crippen molar-refractivity contribution < 1.29 is 4.79 Å². The van der Waals surface area contributed by atoms with Crippen LogP contribution in [0.5, 0.6) is 0 Å². The van der Waals surface area contributed by atoms with Crippen molar-refractivity contribution in [3.05, 3.63) is 53.9 Å². The number of hydrogen-bond acceptors (Lipinski definition) is 3. The van der Waals surface area contributed by atoms with Gasteiger partial charge in [0.15, 0.2) is 5.96 Å². The molecule has 0 saturated carbocycles. The van der Waals surface area contributed by atoms with Crippen LogP contribution in [0, 0.1) is 5.92 Å². The number of likely N-dealkylation sites (tertiary alicyclic amines) is 1. The third kappa shape index (κ3) is 7.02. The van der Waals surface area contributed by atoms with Gasteiger partial charge in [0.1, 0.15) is 0 Å². The van der Waals surface area contributed by atoms with Crippen LogP contribution in [0.1, 0.15) is 24.6 Å². The lowest BCUT2D eigenvalue weighted by Gasteiger charge is -2.18. The van der Waals surface area contributed by atoms with Crippen LogP contribution in [-0.4, -0.2) is 52.7 Å². The van der Waals surface area contributed by atoms with Gasteiger partial charge in [-0.05, 0) is 25.0 Å². The molecule has 1 aliphatic rings. The minimum Gasteiger partial charge on any atom is -0.357 e. The van der Waals surface area contributed by atoms with E-state index >= 15 is 0 Å². The van der Waals surface area contributed by atoms with E-state index in [1.165, 1.54) is 5.56 Å². The molecule has 158 valence electrons. The molecule has 1 amide bonds. The number of nitrogens with one attached hydrogen (secondary N) is 2. The maximum atomic E-state index is 12.3. The molecule has 1 aliphatic heterocycles. The van der Waals surface area contributed by atoms with Gasteiger partial charge in [0.2, 0.25) is 5.91 Å². The number of halogens is 1. The molecule has 1 aromatic carbocycles. The first-order chi connectivity index (χ1) is 13.7. The number of aliphatic imine (C=N–C) groups is 1. The van der Waals surface area contributed by atoms with E-state index in [4.69, 9.17) is 0 Å². The van der Waals surface area contributed by atoms with E-state index in [0.29, 0.717) is 18.9 Å². The summed E-state index contributed by atoms with van der Waals surface area (Å²) in [4.78, 5) is 18.9. The number of hydrogen-bond donors (Lipinski definition) is 2. The molecule has 1 saturated heterocycles. The summed E-state index contributed by atoms with van der Waals surface area (Å²) in [6.07, 6.45) is 3.28. The minimum atomic E-state index is 0. The summed E-state index contributed by atoms with van der Waals surface area (Å²) in [7, 11) is 1.92. The van der Waals surface area contributed by atoms with Gasteiger partial charge in [0.05, 0.1) is 12.2 Å². The van der Waals surface area contributed by atoms with Crippen molar-refractivity contribution in [1.29, 1.82) is 0 Å². The normalized spacial score (nSPS) is 16.6. The summed E-state index contributed by atoms with van der Waals surface area (Å²) < 4.78 is 1.83. The average molecular weight is 510 g/mol. The average Bonchev–Trinajstić information content (AvgIpc) is 3.28. The fourth-order valence-corrected chi connectivity index (χ4v) is 3.41. The Labute approximate surface area is 190 Å². The van der Waals surface area contributed by atoms with Crippen LogP contribution < -0.4 is 10.6 Å². The van der Waals surface area contributed by atoms with Gasteiger partial charge in [0.25, 0.3) is 0 Å². The Morgan fingerprint density at radius 2 is 2.03 bits per heavy atom. The third-order valence-electron chi connectivity index (χ3n) is 5.03. The van der Waals surface area contributed by atoms with E-state index in [2.05, 4.69) is 32.9 Å². The number of rotatable bonds is 8. The van der Waals surface area contributed by atoms with Gasteiger partial charge < -0.3 is 15.5 Å². The molecule has 2 aromatic rings. The molecule has 1 atom stereocenters. The quantitative estimate of drug-likeness (QED) is 0.325. The Balaban J connectivity index is 0.00000300. The predicted octanol–water partition coefficient (Wildman–Crippen LogP) is 2.18. The Bertz CT molecular complexity index is 791. The summed E-state index contributed by atoms with van der Waals surface area (Å²) in [5.74, 6) is 1.34. The first-order valence-corrected chi connectivity index (χ1v) is 9.96. The van der Waals surface area contributed by atoms with Gasteiger partial charge in [-0.25, -0.2) is 4.99 Å². The number of guanidine groups is 1. The molecule has 0 bridgehead atoms. The molecular formula is C21H31IN6O. The molecule has 2 heterocycles. The molecule has 7 nitrogen and oxygen atoms in total. The van der Waals surface area contributed by atoms with E-state index in [1.54, 1.807) is 6.20 Å². The van der Waals surface area contributed by atoms with Gasteiger partial charge in [0, 0.05) is 51.8 Å². The van der Waals surface area contributed by atoms with Crippen molar-refractivity contribution in [3.8, 4) is 0 Å². The number of benzene rings is 1. The van der Waals surface area contributed by atoms with Crippen molar-refractivity contribution in [3.63, 3.8) is 0 Å². The summed E-state index contributed by atoms with van der Waals surface area (Å²) in [6.45, 7) is 5.74. The highest BCUT2D eigenvalue weighted by molar-refractivity contribution is 14.0. The summed E-state index contributed by atoms with van der Waals surface area (Å²) >= 11 is 0. The number of aromatic nitrogens is 2. The fourth-order valence-electron chi connectivity index (χ4n) is 3.41. The van der Waals surface area contributed by atoms with Gasteiger partial charge in [-0.3, -0.25) is 9.48 Å². The van der Waals surface area contributed by atoms with E-state index in [9.17, 15) is 4.79 Å². The van der Waals surface area contributed by atoms with Gasteiger partial charge in [-0.1, -0.05) is 30.3 Å². The SMILES string of the molecule is CCNC(=NCc1ccnn1C)NCC1CC(=O)N(CCc2ccccc2)C1.I. The molecule has 1 fully saturated rings. The molecule has 1 unspecified atom stereocenters. The van der Waals surface area contributed by atoms with Crippen LogP contribution in [0.25, 0.3) is 0 Å². The van der Waals surface area contributed by atoms with E-state index in [0.717, 1.165) is 44.3 Å². The lowest BCUT2D eigenvalue weighted by molar-refractivity contribution is -0.127. The fraction of sp³-hybridized carbons (Fsp3) is 0.476. The topological polar surface area (TPSA) is 74.5 Å². The Morgan fingerprint density at radius 1 is 1.24 bits per heavy atom. The van der Waals surface area contributed by atoms with Crippen molar-refractivity contribution in [2.75, 3.05) is 26.2 Å². The Kier molecular flexibility index (Phi) is 9.43. The van der Waals surface area contributed by atoms with Gasteiger partial charge >= 0.3 is 0 Å². The first kappa shape index (κ1) is 23.2. The van der Waals surface area contributed by atoms with E-state index < -0.39 is 0 Å². The number of carbonyl (C=O) groups is 1. The van der Waals surface area contributed by atoms with Crippen LogP contribution in [0.3, 0.4) is 0 Å². The highest BCUT2D eigenvalue weighted by Gasteiger charge is 2.29. The molecule has 0 radical (unpaired) electrons. The number of amides is 1. The van der Waals surface area contributed by atoms with Crippen molar-refractivity contribution in [2.45, 2.75) is 26.3 Å². The maximum absolute atomic E-state index is 12.3. The van der Waals surface area contributed by atoms with Gasteiger partial charge in [-0.15, -0.1) is 24.0 Å². The lowest BCUT2D eigenvalue weighted by atomic mass is 10.1. The number of carbonyl (C=O) groups excluding carboxylic acids is 1. The number of nitrogens with zero attached hydrogens (tertiary/aromatic N) is 4. The molecule has 3 rings (SSSR count). The van der Waals surface area contributed by atoms with Crippen LogP contribution in [0.4, 0.5) is 0 Å². The van der Waals surface area contributed by atoms with Gasteiger partial charge in [-0.2, -0.15) is 5.10 Å². The molecule has 1 aromatic heterocycles. The zero-order valence-corrected chi connectivity index (χ0v) is 19.5. The smallest absolute Gasteiger partial charge is 0.223 e. The summed E-state index contributed by atoms with van der Waals surface area (Å²) in [5.41, 5.74) is 2.33. The van der Waals surface area contributed by atoms with Crippen LogP contribution in [0.15, 0.2) is 47.6 Å². The van der Waals surface area contributed by atoms with E-state index in [-0.39, 0.29) is 29.9 Å². The molecule has 29 heavy (non-hydrogen) atoms. The zero-order chi connectivity index (χ0) is 19.8. The first-order valence-electron chi connectivity index (χ1n) is 9.96. The largest absolute Gasteiger partial charge is 0.357 e. The molecule has 0 aliphatic carbocycles. The molecule has 2 N–H and O–H groups in total. The minimum absolute atomic E-state index is 0. The number of aryl methyl sites for hydroxylation is 1. The highest BCUT2D eigenvalue weighted by atomic mass is 127. The summed E-state index contributed by atoms with van der Waals surface area (Å²) in [5, 5.41) is 10.8. The highest BCUT2D eigenvalue weighted by Crippen LogP contribution is 2.17. The Hall–Kier alpha value is -2.10. The van der Waals surface area contributed by atoms with Crippen molar-refractivity contribution >= 4 is 35.8 Å². The Morgan fingerprint density at radius 3 is 2.72 bits per heavy atom. The zero-order valence-electron chi connectivity index (χ0n) is 17.2. The molecule has 0 spiro atoms. The third-order valence-corrected chi connectivity index (χ3v) is 5.03. The standard InChI is InChI=1S/C21H30N6O.HI/c1-3-22-21(24-15-19-9-11-25-26(19)2)23-14-18-13-20(28)27(16-18)12-10-17-7-5-4-6-8-17;/h4-9,11,18H,3,10,12-16H2,1-2H3,(H2,22,23,24);1H. The molecular weight excluding hydrogens is 479 g/mol. The van der Waals surface area contributed by atoms with Crippen LogP contribution in [-0.2, 0) is 24.8 Å². The second kappa shape index (κ2) is 11.8. The van der Waals surface area contributed by atoms with Crippen molar-refractivity contribution in [2.24, 2.45) is 18.0 Å². The monoisotopic (exact) mass is 510 g/mol. The second-order valence-electron chi connectivity index (χ2n) is 7.17. The lowest BCUT2D eigenvalue weighted by Crippen LogP contribution is -2.40.